The Balaban J connectivity index is 2.02. The quantitative estimate of drug-likeness (QED) is 0.752. The summed E-state index contributed by atoms with van der Waals surface area (Å²) in [7, 11) is 1.54. The number of ether oxygens (including phenoxy) is 1. The smallest absolute Gasteiger partial charge is 0.240 e. The van der Waals surface area contributed by atoms with Crippen LogP contribution < -0.4 is 15.0 Å². The van der Waals surface area contributed by atoms with Crippen molar-refractivity contribution in [3.8, 4) is 5.75 Å². The first kappa shape index (κ1) is 20.3. The molecular formula is C19H19F3N2O3. The first-order chi connectivity index (χ1) is 12.8. The number of halogens is 3. The zero-order valence-electron chi connectivity index (χ0n) is 14.9. The summed E-state index contributed by atoms with van der Waals surface area (Å²) in [6, 6.07) is 8.91. The van der Waals surface area contributed by atoms with E-state index in [9.17, 15) is 22.8 Å². The lowest BCUT2D eigenvalue weighted by Crippen LogP contribution is -2.41. The van der Waals surface area contributed by atoms with Crippen molar-refractivity contribution in [1.29, 1.82) is 0 Å². The number of nitrogens with zero attached hydrogens (tertiary/aromatic N) is 1. The Morgan fingerprint density at radius 2 is 1.78 bits per heavy atom. The Hall–Kier alpha value is -3.03. The van der Waals surface area contributed by atoms with Crippen molar-refractivity contribution in [3.63, 3.8) is 0 Å². The number of hydrogen-bond donors (Lipinski definition) is 1. The third-order valence-corrected chi connectivity index (χ3v) is 3.90. The number of rotatable bonds is 7. The molecule has 144 valence electrons. The van der Waals surface area contributed by atoms with Gasteiger partial charge in [0.1, 0.15) is 12.3 Å². The van der Waals surface area contributed by atoms with Gasteiger partial charge in [-0.2, -0.15) is 0 Å². The van der Waals surface area contributed by atoms with Crippen LogP contribution in [0.3, 0.4) is 0 Å². The minimum absolute atomic E-state index is 0.255. The van der Waals surface area contributed by atoms with Gasteiger partial charge >= 0.3 is 0 Å². The molecule has 0 aliphatic heterocycles. The molecule has 0 saturated heterocycles. The molecule has 0 unspecified atom stereocenters. The van der Waals surface area contributed by atoms with E-state index in [4.69, 9.17) is 4.74 Å². The maximum atomic E-state index is 13.9. The number of methoxy groups -OCH3 is 1. The Morgan fingerprint density at radius 3 is 2.44 bits per heavy atom. The van der Waals surface area contributed by atoms with E-state index in [-0.39, 0.29) is 6.54 Å². The second-order valence-corrected chi connectivity index (χ2v) is 5.71. The van der Waals surface area contributed by atoms with E-state index in [0.717, 1.165) is 23.5 Å². The van der Waals surface area contributed by atoms with Gasteiger partial charge in [-0.25, -0.2) is 13.2 Å². The molecule has 0 saturated carbocycles. The van der Waals surface area contributed by atoms with Gasteiger partial charge in [0.15, 0.2) is 17.5 Å². The third-order valence-electron chi connectivity index (χ3n) is 3.90. The summed E-state index contributed by atoms with van der Waals surface area (Å²) in [5.74, 6) is -5.16. The van der Waals surface area contributed by atoms with Crippen molar-refractivity contribution in [2.24, 2.45) is 0 Å². The zero-order chi connectivity index (χ0) is 20.0. The molecule has 0 aliphatic carbocycles. The Bertz CT molecular complexity index is 843. The van der Waals surface area contributed by atoms with Crippen LogP contribution in [0.2, 0.25) is 0 Å². The number of carbonyl (C=O) groups excluding carboxylic acids is 2. The summed E-state index contributed by atoms with van der Waals surface area (Å²) in [5.41, 5.74) is 0.386. The van der Waals surface area contributed by atoms with Gasteiger partial charge in [-0.05, 0) is 30.2 Å². The summed E-state index contributed by atoms with van der Waals surface area (Å²) in [6.07, 6.45) is 0.482. The van der Waals surface area contributed by atoms with Crippen LogP contribution in [0.15, 0.2) is 36.4 Å². The van der Waals surface area contributed by atoms with E-state index >= 15 is 0 Å². The van der Waals surface area contributed by atoms with Gasteiger partial charge < -0.3 is 15.0 Å². The normalized spacial score (nSPS) is 10.4. The molecule has 0 spiro atoms. The number of benzene rings is 2. The number of nitrogens with one attached hydrogen (secondary N) is 1. The SMILES string of the molecule is COc1ccccc1CCNC(=O)CN(C(C)=O)c1ccc(F)c(F)c1F. The van der Waals surface area contributed by atoms with Crippen LogP contribution in [0.4, 0.5) is 18.9 Å². The number of carbonyl (C=O) groups is 2. The van der Waals surface area contributed by atoms with Crippen LogP contribution in [-0.4, -0.2) is 32.0 Å². The molecule has 0 radical (unpaired) electrons. The summed E-state index contributed by atoms with van der Waals surface area (Å²) in [4.78, 5) is 24.6. The molecule has 0 fully saturated rings. The predicted octanol–water partition coefficient (Wildman–Crippen LogP) is 2.82. The van der Waals surface area contributed by atoms with Crippen molar-refractivity contribution < 1.29 is 27.5 Å². The lowest BCUT2D eigenvalue weighted by molar-refractivity contribution is -0.123. The van der Waals surface area contributed by atoms with E-state index in [1.165, 1.54) is 0 Å². The van der Waals surface area contributed by atoms with Gasteiger partial charge in [-0.3, -0.25) is 9.59 Å². The van der Waals surface area contributed by atoms with Crippen molar-refractivity contribution in [3.05, 3.63) is 59.4 Å². The van der Waals surface area contributed by atoms with Crippen LogP contribution >= 0.6 is 0 Å². The number of amides is 2. The summed E-state index contributed by atoms with van der Waals surface area (Å²) in [6.45, 7) is 0.831. The molecule has 5 nitrogen and oxygen atoms in total. The third kappa shape index (κ3) is 4.99. The number of hydrogen-bond acceptors (Lipinski definition) is 3. The molecular weight excluding hydrogens is 361 g/mol. The van der Waals surface area contributed by atoms with Crippen LogP contribution in [0, 0.1) is 17.5 Å². The number of anilines is 1. The Kier molecular flexibility index (Phi) is 6.81. The predicted molar refractivity (Wildman–Crippen MR) is 94.1 cm³/mol. The fourth-order valence-electron chi connectivity index (χ4n) is 2.54. The monoisotopic (exact) mass is 380 g/mol. The highest BCUT2D eigenvalue weighted by molar-refractivity contribution is 5.97. The second-order valence-electron chi connectivity index (χ2n) is 5.71. The van der Waals surface area contributed by atoms with E-state index in [0.29, 0.717) is 18.2 Å². The molecule has 8 heteroatoms. The van der Waals surface area contributed by atoms with Crippen LogP contribution in [0.1, 0.15) is 12.5 Å². The lowest BCUT2D eigenvalue weighted by Gasteiger charge is -2.21. The van der Waals surface area contributed by atoms with Crippen molar-refractivity contribution in [1.82, 2.24) is 5.32 Å². The Morgan fingerprint density at radius 1 is 1.07 bits per heavy atom. The molecule has 2 rings (SSSR count). The summed E-state index contributed by atoms with van der Waals surface area (Å²) < 4.78 is 45.6. The average molecular weight is 380 g/mol. The highest BCUT2D eigenvalue weighted by Gasteiger charge is 2.23. The van der Waals surface area contributed by atoms with E-state index in [2.05, 4.69) is 5.32 Å². The fraction of sp³-hybridized carbons (Fsp3) is 0.263. The minimum atomic E-state index is -1.70. The van der Waals surface area contributed by atoms with Gasteiger partial charge in [0.05, 0.1) is 12.8 Å². The van der Waals surface area contributed by atoms with Gasteiger partial charge in [0.25, 0.3) is 0 Å². The minimum Gasteiger partial charge on any atom is -0.496 e. The van der Waals surface area contributed by atoms with E-state index in [1.54, 1.807) is 13.2 Å². The molecule has 2 aromatic rings. The second kappa shape index (κ2) is 9.07. The number of para-hydroxylation sites is 1. The summed E-state index contributed by atoms with van der Waals surface area (Å²) >= 11 is 0. The lowest BCUT2D eigenvalue weighted by atomic mass is 10.1. The average Bonchev–Trinajstić information content (AvgIpc) is 2.65. The zero-order valence-corrected chi connectivity index (χ0v) is 14.9. The maximum absolute atomic E-state index is 13.9. The highest BCUT2D eigenvalue weighted by atomic mass is 19.2. The first-order valence-electron chi connectivity index (χ1n) is 8.15. The molecule has 27 heavy (non-hydrogen) atoms. The molecule has 2 aromatic carbocycles. The standard InChI is InChI=1S/C19H19F3N2O3/c1-12(25)24(15-8-7-14(20)18(21)19(15)22)11-17(26)23-10-9-13-5-3-4-6-16(13)27-2/h3-8H,9-11H2,1-2H3,(H,23,26). The van der Waals surface area contributed by atoms with Crippen LogP contribution in [0.5, 0.6) is 5.75 Å². The molecule has 2 amide bonds. The topological polar surface area (TPSA) is 58.6 Å². The van der Waals surface area contributed by atoms with Gasteiger partial charge in [-0.15, -0.1) is 0 Å². The Labute approximate surface area is 154 Å². The van der Waals surface area contributed by atoms with Gasteiger partial charge in [-0.1, -0.05) is 18.2 Å². The van der Waals surface area contributed by atoms with Crippen LogP contribution in [0.25, 0.3) is 0 Å². The largest absolute Gasteiger partial charge is 0.496 e. The van der Waals surface area contributed by atoms with Crippen LogP contribution in [-0.2, 0) is 16.0 Å². The first-order valence-corrected chi connectivity index (χ1v) is 8.15. The van der Waals surface area contributed by atoms with Gasteiger partial charge in [0.2, 0.25) is 11.8 Å². The van der Waals surface area contributed by atoms with E-state index in [1.807, 2.05) is 18.2 Å². The summed E-state index contributed by atoms with van der Waals surface area (Å²) in [5, 5.41) is 2.60. The molecule has 0 heterocycles. The molecule has 0 aromatic heterocycles. The maximum Gasteiger partial charge on any atom is 0.240 e. The molecule has 0 atom stereocenters. The molecule has 0 aliphatic rings. The molecule has 0 bridgehead atoms. The van der Waals surface area contributed by atoms with Gasteiger partial charge in [0, 0.05) is 13.5 Å². The highest BCUT2D eigenvalue weighted by Crippen LogP contribution is 2.23. The van der Waals surface area contributed by atoms with E-state index < -0.39 is 41.5 Å². The fourth-order valence-corrected chi connectivity index (χ4v) is 2.54. The van der Waals surface area contributed by atoms with Crippen molar-refractivity contribution >= 4 is 17.5 Å². The molecule has 1 N–H and O–H groups in total. The van der Waals surface area contributed by atoms with Crippen molar-refractivity contribution in [2.45, 2.75) is 13.3 Å². The van der Waals surface area contributed by atoms with Crippen molar-refractivity contribution in [2.75, 3.05) is 25.1 Å².